The summed E-state index contributed by atoms with van der Waals surface area (Å²) in [5.74, 6) is 0. The number of aliphatic hydroxyl groups is 7. The zero-order valence-electron chi connectivity index (χ0n) is 15.6. The summed E-state index contributed by atoms with van der Waals surface area (Å²) in [7, 11) is 1.30. The maximum atomic E-state index is 10.3. The molecule has 12 atom stereocenters. The number of methoxy groups -OCH3 is 1. The highest BCUT2D eigenvalue weighted by molar-refractivity contribution is 4.90. The molecule has 0 radical (unpaired) electrons. The molecular formula is C16H28O13. The lowest BCUT2D eigenvalue weighted by Gasteiger charge is -2.43. The average molecular weight is 428 g/mol. The zero-order chi connectivity index (χ0) is 21.3. The molecule has 3 aliphatic heterocycles. The maximum Gasteiger partial charge on any atom is 0.186 e. The summed E-state index contributed by atoms with van der Waals surface area (Å²) < 4.78 is 31.4. The Morgan fingerprint density at radius 3 is 1.48 bits per heavy atom. The molecule has 3 rings (SSSR count). The van der Waals surface area contributed by atoms with Gasteiger partial charge in [-0.15, -0.1) is 0 Å². The second kappa shape index (κ2) is 9.74. The summed E-state index contributed by atoms with van der Waals surface area (Å²) in [6.45, 7) is -0.714. The molecule has 0 aromatic rings. The van der Waals surface area contributed by atoms with E-state index in [4.69, 9.17) is 28.4 Å². The van der Waals surface area contributed by atoms with Gasteiger partial charge < -0.3 is 64.2 Å². The second-order valence-electron chi connectivity index (χ2n) is 7.20. The Labute approximate surface area is 165 Å². The molecule has 0 saturated carbocycles. The molecule has 170 valence electrons. The third-order valence-electron chi connectivity index (χ3n) is 5.17. The van der Waals surface area contributed by atoms with E-state index in [9.17, 15) is 35.7 Å². The van der Waals surface area contributed by atoms with E-state index < -0.39 is 73.8 Å². The third kappa shape index (κ3) is 4.88. The van der Waals surface area contributed by atoms with Crippen LogP contribution in [0.1, 0.15) is 0 Å². The molecule has 3 saturated heterocycles. The normalized spacial score (nSPS) is 51.7. The first-order valence-corrected chi connectivity index (χ1v) is 9.19. The quantitative estimate of drug-likeness (QED) is 0.220. The van der Waals surface area contributed by atoms with E-state index in [0.717, 1.165) is 0 Å². The average Bonchev–Trinajstić information content (AvgIpc) is 2.71. The molecule has 7 N–H and O–H groups in total. The van der Waals surface area contributed by atoms with E-state index in [1.54, 1.807) is 0 Å². The van der Waals surface area contributed by atoms with Crippen LogP contribution in [0.5, 0.6) is 0 Å². The van der Waals surface area contributed by atoms with Crippen LogP contribution in [0.3, 0.4) is 0 Å². The summed E-state index contributed by atoms with van der Waals surface area (Å²) >= 11 is 0. The smallest absolute Gasteiger partial charge is 0.186 e. The van der Waals surface area contributed by atoms with Crippen molar-refractivity contribution in [3.63, 3.8) is 0 Å². The van der Waals surface area contributed by atoms with Crippen LogP contribution in [0.25, 0.3) is 0 Å². The van der Waals surface area contributed by atoms with Crippen molar-refractivity contribution in [3.05, 3.63) is 0 Å². The van der Waals surface area contributed by atoms with Crippen LogP contribution in [-0.2, 0) is 28.4 Å². The predicted molar refractivity (Wildman–Crippen MR) is 88.0 cm³/mol. The molecule has 3 aliphatic rings. The largest absolute Gasteiger partial charge is 0.388 e. The molecule has 12 unspecified atom stereocenters. The number of rotatable bonds is 5. The Kier molecular flexibility index (Phi) is 7.77. The van der Waals surface area contributed by atoms with Gasteiger partial charge in [-0.3, -0.25) is 0 Å². The minimum atomic E-state index is -1.60. The van der Waals surface area contributed by atoms with Crippen molar-refractivity contribution in [2.45, 2.75) is 73.8 Å². The standard InChI is InChI=1S/C16H28O13/c1-24-14-12(22)9(19)6(3-26-14)29-16-13(23)10(20)7(4-27-16)28-15-11(21)8(18)5(17)2-25-15/h5-23H,2-4H2,1H3. The van der Waals surface area contributed by atoms with Gasteiger partial charge in [0, 0.05) is 7.11 Å². The van der Waals surface area contributed by atoms with Crippen LogP contribution in [0.4, 0.5) is 0 Å². The SMILES string of the molecule is COC1OCC(OC2OCC(OC3OCC(O)C(O)C3O)C(O)C2O)C(O)C1O. The van der Waals surface area contributed by atoms with E-state index in [2.05, 4.69) is 0 Å². The first-order valence-electron chi connectivity index (χ1n) is 9.19. The van der Waals surface area contributed by atoms with Gasteiger partial charge in [-0.25, -0.2) is 0 Å². The van der Waals surface area contributed by atoms with Crippen molar-refractivity contribution >= 4 is 0 Å². The van der Waals surface area contributed by atoms with Crippen LogP contribution in [-0.4, -0.2) is 136 Å². The Morgan fingerprint density at radius 1 is 0.552 bits per heavy atom. The number of aliphatic hydroxyl groups excluding tert-OH is 7. The second-order valence-corrected chi connectivity index (χ2v) is 7.20. The van der Waals surface area contributed by atoms with Crippen molar-refractivity contribution in [3.8, 4) is 0 Å². The highest BCUT2D eigenvalue weighted by Crippen LogP contribution is 2.27. The fourth-order valence-corrected chi connectivity index (χ4v) is 3.35. The summed E-state index contributed by atoms with van der Waals surface area (Å²) in [6.07, 6.45) is -16.2. The van der Waals surface area contributed by atoms with Gasteiger partial charge in [-0.2, -0.15) is 0 Å². The molecule has 3 heterocycles. The minimum Gasteiger partial charge on any atom is -0.388 e. The Balaban J connectivity index is 1.54. The van der Waals surface area contributed by atoms with E-state index >= 15 is 0 Å². The van der Waals surface area contributed by atoms with Crippen molar-refractivity contribution in [1.82, 2.24) is 0 Å². The fraction of sp³-hybridized carbons (Fsp3) is 1.00. The summed E-state index contributed by atoms with van der Waals surface area (Å²) in [4.78, 5) is 0. The van der Waals surface area contributed by atoms with Gasteiger partial charge in [0.25, 0.3) is 0 Å². The van der Waals surface area contributed by atoms with E-state index in [-0.39, 0.29) is 19.8 Å². The lowest BCUT2D eigenvalue weighted by Crippen LogP contribution is -2.61. The molecule has 0 spiro atoms. The number of ether oxygens (including phenoxy) is 6. The lowest BCUT2D eigenvalue weighted by atomic mass is 10.0. The molecule has 0 aliphatic carbocycles. The van der Waals surface area contributed by atoms with Crippen molar-refractivity contribution in [1.29, 1.82) is 0 Å². The van der Waals surface area contributed by atoms with Gasteiger partial charge in [0.05, 0.1) is 19.8 Å². The highest BCUT2D eigenvalue weighted by atomic mass is 16.7. The zero-order valence-corrected chi connectivity index (χ0v) is 15.6. The van der Waals surface area contributed by atoms with Crippen molar-refractivity contribution in [2.75, 3.05) is 26.9 Å². The fourth-order valence-electron chi connectivity index (χ4n) is 3.35. The molecule has 0 aromatic heterocycles. The van der Waals surface area contributed by atoms with Gasteiger partial charge in [-0.1, -0.05) is 0 Å². The monoisotopic (exact) mass is 428 g/mol. The van der Waals surface area contributed by atoms with Crippen LogP contribution in [0, 0.1) is 0 Å². The van der Waals surface area contributed by atoms with Crippen LogP contribution in [0.15, 0.2) is 0 Å². The summed E-state index contributed by atoms with van der Waals surface area (Å²) in [5, 5.41) is 69.7. The summed E-state index contributed by atoms with van der Waals surface area (Å²) in [6, 6.07) is 0. The Bertz CT molecular complexity index is 523. The molecule has 0 amide bonds. The Hall–Kier alpha value is -0.520. The van der Waals surface area contributed by atoms with E-state index in [1.165, 1.54) is 7.11 Å². The first kappa shape index (κ1) is 23.1. The molecular weight excluding hydrogens is 400 g/mol. The molecule has 13 nitrogen and oxygen atoms in total. The van der Waals surface area contributed by atoms with Crippen LogP contribution in [0.2, 0.25) is 0 Å². The molecule has 29 heavy (non-hydrogen) atoms. The molecule has 0 bridgehead atoms. The first-order chi connectivity index (χ1) is 13.7. The van der Waals surface area contributed by atoms with Gasteiger partial charge in [0.1, 0.15) is 54.9 Å². The van der Waals surface area contributed by atoms with Crippen LogP contribution < -0.4 is 0 Å². The van der Waals surface area contributed by atoms with Crippen molar-refractivity contribution in [2.24, 2.45) is 0 Å². The number of hydrogen-bond donors (Lipinski definition) is 7. The topological polar surface area (TPSA) is 197 Å². The van der Waals surface area contributed by atoms with Crippen LogP contribution >= 0.6 is 0 Å². The molecule has 13 heteroatoms. The van der Waals surface area contributed by atoms with Gasteiger partial charge >= 0.3 is 0 Å². The summed E-state index contributed by atoms with van der Waals surface area (Å²) in [5.41, 5.74) is 0. The highest BCUT2D eigenvalue weighted by Gasteiger charge is 2.47. The number of hydrogen-bond acceptors (Lipinski definition) is 13. The lowest BCUT2D eigenvalue weighted by molar-refractivity contribution is -0.347. The van der Waals surface area contributed by atoms with Gasteiger partial charge in [-0.05, 0) is 0 Å². The minimum absolute atomic E-state index is 0.151. The Morgan fingerprint density at radius 2 is 0.966 bits per heavy atom. The van der Waals surface area contributed by atoms with E-state index in [0.29, 0.717) is 0 Å². The maximum absolute atomic E-state index is 10.3. The van der Waals surface area contributed by atoms with E-state index in [1.807, 2.05) is 0 Å². The van der Waals surface area contributed by atoms with Crippen molar-refractivity contribution < 1.29 is 64.2 Å². The van der Waals surface area contributed by atoms with Gasteiger partial charge in [0.2, 0.25) is 0 Å². The molecule has 0 aromatic carbocycles. The van der Waals surface area contributed by atoms with Gasteiger partial charge in [0.15, 0.2) is 18.9 Å². The molecule has 3 fully saturated rings. The third-order valence-corrected chi connectivity index (χ3v) is 5.17. The predicted octanol–water partition coefficient (Wildman–Crippen LogP) is -5.00.